The van der Waals surface area contributed by atoms with Crippen molar-refractivity contribution in [1.82, 2.24) is 14.8 Å². The predicted octanol–water partition coefficient (Wildman–Crippen LogP) is 5.23. The van der Waals surface area contributed by atoms with Crippen molar-refractivity contribution in [3.8, 4) is 5.75 Å². The lowest BCUT2D eigenvalue weighted by Crippen LogP contribution is -2.13. The zero-order valence-electron chi connectivity index (χ0n) is 16.4. The summed E-state index contributed by atoms with van der Waals surface area (Å²) in [5.74, 6) is 1.33. The molecule has 0 unspecified atom stereocenters. The van der Waals surface area contributed by atoms with Gasteiger partial charge in [-0.05, 0) is 43.2 Å². The molecule has 0 fully saturated rings. The topological polar surface area (TPSA) is 69.0 Å². The van der Waals surface area contributed by atoms with Gasteiger partial charge in [0.05, 0.1) is 18.7 Å². The molecule has 0 atom stereocenters. The maximum Gasteiger partial charge on any atom is 0.258 e. The molecular weight excluding hydrogens is 411 g/mol. The highest BCUT2D eigenvalue weighted by atomic mass is 35.5. The number of aryl methyl sites for hydroxylation is 1. The number of nitrogens with one attached hydrogen (secondary N) is 1. The van der Waals surface area contributed by atoms with Gasteiger partial charge in [0.2, 0.25) is 0 Å². The van der Waals surface area contributed by atoms with Crippen molar-refractivity contribution in [1.29, 1.82) is 0 Å². The lowest BCUT2D eigenvalue weighted by atomic mass is 10.2. The van der Waals surface area contributed by atoms with Crippen LogP contribution in [0.2, 0.25) is 10.2 Å². The number of amides is 1. The number of hydrogen-bond donors (Lipinski definition) is 1. The Bertz CT molecular complexity index is 1000. The van der Waals surface area contributed by atoms with Gasteiger partial charge in [-0.15, -0.1) is 0 Å². The zero-order chi connectivity index (χ0) is 21.0. The minimum Gasteiger partial charge on any atom is -0.493 e. The van der Waals surface area contributed by atoms with Crippen LogP contribution in [0.5, 0.6) is 5.75 Å². The van der Waals surface area contributed by atoms with E-state index in [0.717, 1.165) is 17.0 Å². The van der Waals surface area contributed by atoms with Crippen molar-refractivity contribution in [2.24, 2.45) is 5.92 Å². The van der Waals surface area contributed by atoms with Gasteiger partial charge in [-0.25, -0.2) is 4.98 Å². The minimum absolute atomic E-state index is 0.303. The molecule has 152 valence electrons. The average Bonchev–Trinajstić information content (AvgIpc) is 3.00. The number of benzene rings is 1. The summed E-state index contributed by atoms with van der Waals surface area (Å²) >= 11 is 11.9. The Morgan fingerprint density at radius 2 is 2.00 bits per heavy atom. The summed E-state index contributed by atoms with van der Waals surface area (Å²) in [6, 6.07) is 10.5. The van der Waals surface area contributed by atoms with Crippen molar-refractivity contribution in [3.05, 3.63) is 69.6 Å². The fraction of sp³-hybridized carbons (Fsp3) is 0.286. The van der Waals surface area contributed by atoms with Crippen LogP contribution in [-0.4, -0.2) is 27.3 Å². The number of hydrogen-bond acceptors (Lipinski definition) is 4. The van der Waals surface area contributed by atoms with E-state index in [9.17, 15) is 4.79 Å². The third kappa shape index (κ3) is 5.71. The van der Waals surface area contributed by atoms with E-state index in [-0.39, 0.29) is 5.91 Å². The summed E-state index contributed by atoms with van der Waals surface area (Å²) in [5, 5.41) is 8.24. The molecule has 1 aromatic carbocycles. The second-order valence-electron chi connectivity index (χ2n) is 7.11. The van der Waals surface area contributed by atoms with Gasteiger partial charge in [-0.1, -0.05) is 37.0 Å². The number of carbonyl (C=O) groups is 1. The molecule has 0 spiro atoms. The van der Waals surface area contributed by atoms with Crippen molar-refractivity contribution >= 4 is 34.9 Å². The maximum absolute atomic E-state index is 12.4. The lowest BCUT2D eigenvalue weighted by Gasteiger charge is -2.14. The van der Waals surface area contributed by atoms with Crippen LogP contribution in [0.15, 0.2) is 42.6 Å². The number of nitrogens with zero attached hydrogens (tertiary/aromatic N) is 3. The Morgan fingerprint density at radius 3 is 2.69 bits per heavy atom. The summed E-state index contributed by atoms with van der Waals surface area (Å²) in [6.07, 6.45) is 1.42. The smallest absolute Gasteiger partial charge is 0.258 e. The second-order valence-corrected chi connectivity index (χ2v) is 7.93. The molecule has 1 amide bonds. The molecule has 0 aliphatic heterocycles. The standard InChI is InChI=1S/C21H22Cl2N4O2/c1-13(2)12-29-18-6-5-17(22)9-16(18)11-27-14(3)8-20(26-27)25-21(28)15-4-7-19(23)24-10-15/h4-10,13H,11-12H2,1-3H3,(H,25,26,28). The summed E-state index contributed by atoms with van der Waals surface area (Å²) in [5.41, 5.74) is 2.22. The number of halogens is 2. The highest BCUT2D eigenvalue weighted by Crippen LogP contribution is 2.25. The molecule has 29 heavy (non-hydrogen) atoms. The number of anilines is 1. The van der Waals surface area contributed by atoms with E-state index in [0.29, 0.717) is 40.6 Å². The fourth-order valence-corrected chi connectivity index (χ4v) is 2.97. The van der Waals surface area contributed by atoms with Crippen molar-refractivity contribution in [2.45, 2.75) is 27.3 Å². The Balaban J connectivity index is 1.76. The van der Waals surface area contributed by atoms with E-state index < -0.39 is 0 Å². The first-order chi connectivity index (χ1) is 13.8. The quantitative estimate of drug-likeness (QED) is 0.518. The first-order valence-corrected chi connectivity index (χ1v) is 9.96. The Kier molecular flexibility index (Phi) is 6.77. The number of rotatable bonds is 7. The van der Waals surface area contributed by atoms with Crippen LogP contribution in [0.3, 0.4) is 0 Å². The van der Waals surface area contributed by atoms with Crippen LogP contribution < -0.4 is 10.1 Å². The minimum atomic E-state index is -0.303. The summed E-state index contributed by atoms with van der Waals surface area (Å²) < 4.78 is 7.71. The van der Waals surface area contributed by atoms with E-state index in [4.69, 9.17) is 27.9 Å². The van der Waals surface area contributed by atoms with Gasteiger partial charge in [-0.3, -0.25) is 9.48 Å². The number of carbonyl (C=O) groups excluding carboxylic acids is 1. The van der Waals surface area contributed by atoms with Gasteiger partial charge in [0.15, 0.2) is 5.82 Å². The molecule has 0 radical (unpaired) electrons. The van der Waals surface area contributed by atoms with Crippen molar-refractivity contribution in [3.63, 3.8) is 0 Å². The summed E-state index contributed by atoms with van der Waals surface area (Å²) in [6.45, 7) is 7.20. The van der Waals surface area contributed by atoms with Gasteiger partial charge in [0.1, 0.15) is 10.9 Å². The number of ether oxygens (including phenoxy) is 1. The SMILES string of the molecule is Cc1cc(NC(=O)c2ccc(Cl)nc2)nn1Cc1cc(Cl)ccc1OCC(C)C. The van der Waals surface area contributed by atoms with Gasteiger partial charge in [-0.2, -0.15) is 5.10 Å². The van der Waals surface area contributed by atoms with Crippen LogP contribution in [0.25, 0.3) is 0 Å². The monoisotopic (exact) mass is 432 g/mol. The van der Waals surface area contributed by atoms with Crippen LogP contribution in [0.4, 0.5) is 5.82 Å². The van der Waals surface area contributed by atoms with Crippen LogP contribution >= 0.6 is 23.2 Å². The van der Waals surface area contributed by atoms with Gasteiger partial charge < -0.3 is 10.1 Å². The molecule has 2 heterocycles. The normalized spacial score (nSPS) is 11.0. The van der Waals surface area contributed by atoms with E-state index in [1.165, 1.54) is 6.20 Å². The molecule has 3 rings (SSSR count). The molecule has 0 bridgehead atoms. The van der Waals surface area contributed by atoms with Gasteiger partial charge in [0.25, 0.3) is 5.91 Å². The van der Waals surface area contributed by atoms with Gasteiger partial charge in [0, 0.05) is 28.5 Å². The van der Waals surface area contributed by atoms with Crippen LogP contribution in [0.1, 0.15) is 35.5 Å². The first-order valence-electron chi connectivity index (χ1n) is 9.20. The molecule has 1 N–H and O–H groups in total. The highest BCUT2D eigenvalue weighted by molar-refractivity contribution is 6.30. The van der Waals surface area contributed by atoms with Crippen LogP contribution in [-0.2, 0) is 6.54 Å². The zero-order valence-corrected chi connectivity index (χ0v) is 18.0. The highest BCUT2D eigenvalue weighted by Gasteiger charge is 2.13. The van der Waals surface area contributed by atoms with E-state index >= 15 is 0 Å². The fourth-order valence-electron chi connectivity index (χ4n) is 2.66. The Hall–Kier alpha value is -2.57. The lowest BCUT2D eigenvalue weighted by molar-refractivity contribution is 0.102. The van der Waals surface area contributed by atoms with Gasteiger partial charge >= 0.3 is 0 Å². The van der Waals surface area contributed by atoms with Crippen molar-refractivity contribution in [2.75, 3.05) is 11.9 Å². The predicted molar refractivity (Wildman–Crippen MR) is 115 cm³/mol. The molecular formula is C21H22Cl2N4O2. The molecule has 2 aromatic heterocycles. The van der Waals surface area contributed by atoms with E-state index in [2.05, 4.69) is 29.2 Å². The largest absolute Gasteiger partial charge is 0.493 e. The summed E-state index contributed by atoms with van der Waals surface area (Å²) in [4.78, 5) is 16.3. The third-order valence-electron chi connectivity index (χ3n) is 4.13. The number of aromatic nitrogens is 3. The molecule has 8 heteroatoms. The first kappa shape index (κ1) is 21.1. The summed E-state index contributed by atoms with van der Waals surface area (Å²) in [7, 11) is 0. The average molecular weight is 433 g/mol. The molecule has 0 aliphatic rings. The molecule has 6 nitrogen and oxygen atoms in total. The number of pyridine rings is 1. The maximum atomic E-state index is 12.4. The molecule has 3 aromatic rings. The molecule has 0 saturated heterocycles. The Labute approximate surface area is 179 Å². The molecule has 0 aliphatic carbocycles. The van der Waals surface area contributed by atoms with E-state index in [1.807, 2.05) is 25.1 Å². The van der Waals surface area contributed by atoms with Crippen LogP contribution in [0, 0.1) is 12.8 Å². The Morgan fingerprint density at radius 1 is 1.21 bits per heavy atom. The second kappa shape index (κ2) is 9.29. The molecule has 0 saturated carbocycles. The van der Waals surface area contributed by atoms with E-state index in [1.54, 1.807) is 22.9 Å². The van der Waals surface area contributed by atoms with Crippen molar-refractivity contribution < 1.29 is 9.53 Å². The third-order valence-corrected chi connectivity index (χ3v) is 4.59.